The van der Waals surface area contributed by atoms with Gasteiger partial charge in [-0.15, -0.1) is 0 Å². The van der Waals surface area contributed by atoms with Crippen LogP contribution >= 0.6 is 0 Å². The Morgan fingerprint density at radius 3 is 2.35 bits per heavy atom. The normalized spacial score (nSPS) is 11.5. The fourth-order valence-electron chi connectivity index (χ4n) is 1.96. The Labute approximate surface area is 104 Å². The highest BCUT2D eigenvalue weighted by Gasteiger charge is 2.19. The molecule has 17 heavy (non-hydrogen) atoms. The Bertz CT molecular complexity index is 333. The summed E-state index contributed by atoms with van der Waals surface area (Å²) in [5.41, 5.74) is 1.36. The molecule has 1 rings (SSSR count). The molecule has 0 amide bonds. The van der Waals surface area contributed by atoms with E-state index in [1.54, 1.807) is 12.1 Å². The van der Waals surface area contributed by atoms with Crippen molar-refractivity contribution in [3.8, 4) is 5.75 Å². The van der Waals surface area contributed by atoms with Crippen molar-refractivity contribution in [3.05, 3.63) is 24.3 Å². The molecular weight excluding hydrogens is 212 g/mol. The standard InChI is InChI=1S/C14H24N2O/c1-5-15-10-14(2,3)11-16(4)12-6-8-13(17)9-7-12/h6-9,15,17H,5,10-11H2,1-4H3. The predicted octanol–water partition coefficient (Wildman–Crippen LogP) is 2.46. The van der Waals surface area contributed by atoms with Crippen LogP contribution in [0.15, 0.2) is 24.3 Å². The van der Waals surface area contributed by atoms with Crippen LogP contribution in [0.4, 0.5) is 5.69 Å². The van der Waals surface area contributed by atoms with E-state index in [2.05, 4.69) is 38.0 Å². The fraction of sp³-hybridized carbons (Fsp3) is 0.571. The molecule has 1 aromatic carbocycles. The van der Waals surface area contributed by atoms with Crippen LogP contribution in [0.25, 0.3) is 0 Å². The molecule has 0 aromatic heterocycles. The number of nitrogens with one attached hydrogen (secondary N) is 1. The molecule has 0 saturated heterocycles. The van der Waals surface area contributed by atoms with E-state index in [0.717, 1.165) is 25.3 Å². The molecule has 0 aliphatic carbocycles. The maximum absolute atomic E-state index is 9.26. The molecular formula is C14H24N2O. The molecule has 0 aliphatic heterocycles. The van der Waals surface area contributed by atoms with Gasteiger partial charge >= 0.3 is 0 Å². The van der Waals surface area contributed by atoms with E-state index in [1.807, 2.05) is 12.1 Å². The van der Waals surface area contributed by atoms with Crippen LogP contribution in [-0.2, 0) is 0 Å². The van der Waals surface area contributed by atoms with Gasteiger partial charge in [0.15, 0.2) is 0 Å². The smallest absolute Gasteiger partial charge is 0.115 e. The molecule has 2 N–H and O–H groups in total. The van der Waals surface area contributed by atoms with Crippen LogP contribution in [0, 0.1) is 5.41 Å². The largest absolute Gasteiger partial charge is 0.508 e. The zero-order chi connectivity index (χ0) is 12.9. The number of hydrogen-bond donors (Lipinski definition) is 2. The minimum atomic E-state index is 0.225. The van der Waals surface area contributed by atoms with Crippen molar-refractivity contribution in [2.75, 3.05) is 31.6 Å². The minimum absolute atomic E-state index is 0.225. The average Bonchev–Trinajstić information content (AvgIpc) is 2.26. The lowest BCUT2D eigenvalue weighted by Gasteiger charge is -2.31. The van der Waals surface area contributed by atoms with E-state index in [0.29, 0.717) is 5.75 Å². The summed E-state index contributed by atoms with van der Waals surface area (Å²) in [6, 6.07) is 7.34. The number of benzene rings is 1. The monoisotopic (exact) mass is 236 g/mol. The summed E-state index contributed by atoms with van der Waals surface area (Å²) >= 11 is 0. The first-order chi connectivity index (χ1) is 7.94. The molecule has 3 nitrogen and oxygen atoms in total. The Balaban J connectivity index is 2.58. The van der Waals surface area contributed by atoms with Crippen molar-refractivity contribution in [2.45, 2.75) is 20.8 Å². The first kappa shape index (κ1) is 13.8. The van der Waals surface area contributed by atoms with Crippen molar-refractivity contribution < 1.29 is 5.11 Å². The molecule has 0 saturated carbocycles. The van der Waals surface area contributed by atoms with Gasteiger partial charge in [-0.3, -0.25) is 0 Å². The summed E-state index contributed by atoms with van der Waals surface area (Å²) < 4.78 is 0. The van der Waals surface area contributed by atoms with Gasteiger partial charge in [-0.25, -0.2) is 0 Å². The van der Waals surface area contributed by atoms with Crippen LogP contribution in [0.1, 0.15) is 20.8 Å². The lowest BCUT2D eigenvalue weighted by atomic mass is 9.92. The third-order valence-corrected chi connectivity index (χ3v) is 2.81. The van der Waals surface area contributed by atoms with Crippen LogP contribution in [0.2, 0.25) is 0 Å². The first-order valence-electron chi connectivity index (χ1n) is 6.15. The summed E-state index contributed by atoms with van der Waals surface area (Å²) in [7, 11) is 2.08. The molecule has 0 spiro atoms. The van der Waals surface area contributed by atoms with E-state index in [9.17, 15) is 5.11 Å². The van der Waals surface area contributed by atoms with Crippen molar-refractivity contribution in [2.24, 2.45) is 5.41 Å². The maximum Gasteiger partial charge on any atom is 0.115 e. The Hall–Kier alpha value is -1.22. The Morgan fingerprint density at radius 2 is 1.82 bits per heavy atom. The minimum Gasteiger partial charge on any atom is -0.508 e. The molecule has 0 aliphatic rings. The third kappa shape index (κ3) is 4.65. The molecule has 0 fully saturated rings. The summed E-state index contributed by atoms with van der Waals surface area (Å²) in [6.07, 6.45) is 0. The molecule has 0 heterocycles. The highest BCUT2D eigenvalue weighted by atomic mass is 16.3. The molecule has 3 heteroatoms. The van der Waals surface area contributed by atoms with Crippen LogP contribution < -0.4 is 10.2 Å². The van der Waals surface area contributed by atoms with E-state index in [-0.39, 0.29) is 5.41 Å². The van der Waals surface area contributed by atoms with E-state index in [1.165, 1.54) is 0 Å². The first-order valence-corrected chi connectivity index (χ1v) is 6.15. The third-order valence-electron chi connectivity index (χ3n) is 2.81. The van der Waals surface area contributed by atoms with Crippen molar-refractivity contribution in [1.82, 2.24) is 5.32 Å². The van der Waals surface area contributed by atoms with Crippen LogP contribution in [-0.4, -0.2) is 31.8 Å². The second-order valence-corrected chi connectivity index (χ2v) is 5.32. The highest BCUT2D eigenvalue weighted by molar-refractivity contribution is 5.48. The summed E-state index contributed by atoms with van der Waals surface area (Å²) in [4.78, 5) is 2.22. The number of anilines is 1. The summed E-state index contributed by atoms with van der Waals surface area (Å²) in [6.45, 7) is 9.63. The molecule has 0 bridgehead atoms. The zero-order valence-corrected chi connectivity index (χ0v) is 11.3. The van der Waals surface area contributed by atoms with Gasteiger partial charge in [-0.1, -0.05) is 20.8 Å². The fourth-order valence-corrected chi connectivity index (χ4v) is 1.96. The van der Waals surface area contributed by atoms with Gasteiger partial charge in [0.25, 0.3) is 0 Å². The SMILES string of the molecule is CCNCC(C)(C)CN(C)c1ccc(O)cc1. The van der Waals surface area contributed by atoms with Gasteiger partial charge in [0.1, 0.15) is 5.75 Å². The Morgan fingerprint density at radius 1 is 1.24 bits per heavy atom. The van der Waals surface area contributed by atoms with Gasteiger partial charge in [0.05, 0.1) is 0 Å². The molecule has 96 valence electrons. The number of hydrogen-bond acceptors (Lipinski definition) is 3. The van der Waals surface area contributed by atoms with Gasteiger partial charge in [-0.2, -0.15) is 0 Å². The molecule has 0 unspecified atom stereocenters. The average molecular weight is 236 g/mol. The number of nitrogens with zero attached hydrogens (tertiary/aromatic N) is 1. The van der Waals surface area contributed by atoms with Crippen molar-refractivity contribution in [3.63, 3.8) is 0 Å². The predicted molar refractivity (Wildman–Crippen MR) is 73.7 cm³/mol. The van der Waals surface area contributed by atoms with Crippen molar-refractivity contribution >= 4 is 5.69 Å². The molecule has 0 atom stereocenters. The molecule has 1 aromatic rings. The summed E-state index contributed by atoms with van der Waals surface area (Å²) in [5, 5.41) is 12.6. The number of phenolic OH excluding ortho intramolecular Hbond substituents is 1. The highest BCUT2D eigenvalue weighted by Crippen LogP contribution is 2.22. The van der Waals surface area contributed by atoms with E-state index >= 15 is 0 Å². The van der Waals surface area contributed by atoms with Crippen molar-refractivity contribution in [1.29, 1.82) is 0 Å². The Kier molecular flexibility index (Phi) is 4.82. The zero-order valence-electron chi connectivity index (χ0n) is 11.3. The lowest BCUT2D eigenvalue weighted by Crippen LogP contribution is -2.39. The number of phenols is 1. The second-order valence-electron chi connectivity index (χ2n) is 5.32. The maximum atomic E-state index is 9.26. The van der Waals surface area contributed by atoms with E-state index in [4.69, 9.17) is 0 Å². The van der Waals surface area contributed by atoms with Gasteiger partial charge in [-0.05, 0) is 36.2 Å². The van der Waals surface area contributed by atoms with Gasteiger partial charge in [0.2, 0.25) is 0 Å². The number of aromatic hydroxyl groups is 1. The van der Waals surface area contributed by atoms with E-state index < -0.39 is 0 Å². The number of rotatable bonds is 6. The second kappa shape index (κ2) is 5.92. The quantitative estimate of drug-likeness (QED) is 0.796. The summed E-state index contributed by atoms with van der Waals surface area (Å²) in [5.74, 6) is 0.314. The van der Waals surface area contributed by atoms with Gasteiger partial charge in [0, 0.05) is 25.8 Å². The topological polar surface area (TPSA) is 35.5 Å². The van der Waals surface area contributed by atoms with Crippen LogP contribution in [0.3, 0.4) is 0 Å². The molecule has 0 radical (unpaired) electrons. The van der Waals surface area contributed by atoms with Crippen LogP contribution in [0.5, 0.6) is 5.75 Å². The van der Waals surface area contributed by atoms with Gasteiger partial charge < -0.3 is 15.3 Å². The lowest BCUT2D eigenvalue weighted by molar-refractivity contribution is 0.350.